The van der Waals surface area contributed by atoms with Crippen molar-refractivity contribution in [3.63, 3.8) is 0 Å². The molecule has 7 heteroatoms. The van der Waals surface area contributed by atoms with Gasteiger partial charge in [-0.1, -0.05) is 0 Å². The lowest BCUT2D eigenvalue weighted by Crippen LogP contribution is -2.10. The molecule has 0 spiro atoms. The third-order valence-corrected chi connectivity index (χ3v) is 4.63. The van der Waals surface area contributed by atoms with E-state index in [2.05, 4.69) is 10.1 Å². The minimum absolute atomic E-state index is 0.264. The second-order valence-electron chi connectivity index (χ2n) is 5.17. The third kappa shape index (κ3) is 2.85. The average molecular weight is 331 g/mol. The molecule has 0 radical (unpaired) electrons. The van der Waals surface area contributed by atoms with Crippen molar-refractivity contribution in [3.8, 4) is 11.3 Å². The van der Waals surface area contributed by atoms with Gasteiger partial charge in [0, 0.05) is 29.4 Å². The summed E-state index contributed by atoms with van der Waals surface area (Å²) in [6.07, 6.45) is 1.46. The number of carbonyl (C=O) groups is 1. The quantitative estimate of drug-likeness (QED) is 0.771. The molecule has 6 nitrogen and oxygen atoms in total. The van der Waals surface area contributed by atoms with Crippen LogP contribution in [0.4, 0.5) is 0 Å². The predicted molar refractivity (Wildman–Crippen MR) is 88.9 cm³/mol. The summed E-state index contributed by atoms with van der Waals surface area (Å²) in [5, 5.41) is 14.8. The minimum Gasteiger partial charge on any atom is -0.477 e. The fourth-order valence-corrected chi connectivity index (χ4v) is 3.52. The first-order valence-electron chi connectivity index (χ1n) is 7.31. The van der Waals surface area contributed by atoms with E-state index in [0.29, 0.717) is 11.5 Å². The minimum atomic E-state index is -0.932. The number of ether oxygens (including phenoxy) is 1. The first kappa shape index (κ1) is 15.6. The van der Waals surface area contributed by atoms with Gasteiger partial charge in [-0.2, -0.15) is 5.10 Å². The molecule has 0 aliphatic rings. The predicted octanol–water partition coefficient (Wildman–Crippen LogP) is 3.72. The van der Waals surface area contributed by atoms with Crippen molar-refractivity contribution in [1.29, 1.82) is 0 Å². The molecule has 0 saturated carbocycles. The van der Waals surface area contributed by atoms with Gasteiger partial charge in [0.25, 0.3) is 0 Å². The highest BCUT2D eigenvalue weighted by Gasteiger charge is 2.21. The lowest BCUT2D eigenvalue weighted by Gasteiger charge is -2.12. The Kier molecular flexibility index (Phi) is 4.14. The maximum Gasteiger partial charge on any atom is 0.345 e. The molecule has 3 rings (SSSR count). The smallest absolute Gasteiger partial charge is 0.345 e. The van der Waals surface area contributed by atoms with E-state index in [1.165, 1.54) is 11.3 Å². The number of fused-ring (bicyclic) bond motifs is 1. The summed E-state index contributed by atoms with van der Waals surface area (Å²) >= 11 is 1.21. The van der Waals surface area contributed by atoms with Crippen LogP contribution in [0.25, 0.3) is 21.5 Å². The standard InChI is InChI=1S/C16H17N3O3S/c1-4-22-10(3)19-15-12(8-13(23-15)16(20)21)14(18-19)11-5-6-17-9(2)7-11/h5-8,10H,4H2,1-3H3,(H,20,21). The van der Waals surface area contributed by atoms with Gasteiger partial charge in [-0.3, -0.25) is 4.98 Å². The van der Waals surface area contributed by atoms with Crippen molar-refractivity contribution < 1.29 is 14.6 Å². The highest BCUT2D eigenvalue weighted by atomic mass is 32.1. The van der Waals surface area contributed by atoms with Crippen molar-refractivity contribution in [1.82, 2.24) is 14.8 Å². The molecule has 1 atom stereocenters. The molecule has 1 N–H and O–H groups in total. The van der Waals surface area contributed by atoms with Crippen LogP contribution in [0.15, 0.2) is 24.4 Å². The van der Waals surface area contributed by atoms with Crippen LogP contribution in [0.5, 0.6) is 0 Å². The third-order valence-electron chi connectivity index (χ3n) is 3.52. The molecule has 3 aromatic heterocycles. The van der Waals surface area contributed by atoms with Gasteiger partial charge in [0.05, 0.1) is 0 Å². The summed E-state index contributed by atoms with van der Waals surface area (Å²) in [6, 6.07) is 5.49. The molecule has 3 heterocycles. The normalized spacial score (nSPS) is 12.7. The van der Waals surface area contributed by atoms with Crippen LogP contribution in [0.3, 0.4) is 0 Å². The Morgan fingerprint density at radius 2 is 2.26 bits per heavy atom. The molecule has 0 aromatic carbocycles. The van der Waals surface area contributed by atoms with E-state index in [1.54, 1.807) is 16.9 Å². The number of thiophene rings is 1. The zero-order valence-electron chi connectivity index (χ0n) is 13.1. The zero-order chi connectivity index (χ0) is 16.6. The van der Waals surface area contributed by atoms with Crippen LogP contribution in [0.1, 0.15) is 35.4 Å². The molecular weight excluding hydrogens is 314 g/mol. The highest BCUT2D eigenvalue weighted by Crippen LogP contribution is 2.35. The molecular formula is C16H17N3O3S. The van der Waals surface area contributed by atoms with Crippen molar-refractivity contribution in [2.75, 3.05) is 6.61 Å². The van der Waals surface area contributed by atoms with E-state index in [9.17, 15) is 9.90 Å². The zero-order valence-corrected chi connectivity index (χ0v) is 13.9. The molecule has 23 heavy (non-hydrogen) atoms. The molecule has 0 saturated heterocycles. The van der Waals surface area contributed by atoms with Gasteiger partial charge >= 0.3 is 5.97 Å². The number of nitrogens with zero attached hydrogens (tertiary/aromatic N) is 3. The van der Waals surface area contributed by atoms with E-state index >= 15 is 0 Å². The summed E-state index contributed by atoms with van der Waals surface area (Å²) in [4.78, 5) is 16.6. The fraction of sp³-hybridized carbons (Fsp3) is 0.312. The Balaban J connectivity index is 2.22. The number of aryl methyl sites for hydroxylation is 1. The summed E-state index contributed by atoms with van der Waals surface area (Å²) in [6.45, 7) is 6.29. The number of carboxylic acid groups (broad SMARTS) is 1. The fourth-order valence-electron chi connectivity index (χ4n) is 2.50. The van der Waals surface area contributed by atoms with Crippen molar-refractivity contribution >= 4 is 27.5 Å². The Labute approximate surface area is 137 Å². The Morgan fingerprint density at radius 3 is 2.91 bits per heavy atom. The van der Waals surface area contributed by atoms with Gasteiger partial charge in [-0.25, -0.2) is 9.48 Å². The van der Waals surface area contributed by atoms with E-state index in [-0.39, 0.29) is 6.23 Å². The number of aromatic carboxylic acids is 1. The average Bonchev–Trinajstić information content (AvgIpc) is 3.06. The largest absolute Gasteiger partial charge is 0.477 e. The maximum absolute atomic E-state index is 11.3. The van der Waals surface area contributed by atoms with Gasteiger partial charge in [-0.05, 0) is 39.0 Å². The monoisotopic (exact) mass is 331 g/mol. The van der Waals surface area contributed by atoms with Crippen LogP contribution in [0, 0.1) is 6.92 Å². The van der Waals surface area contributed by atoms with E-state index in [4.69, 9.17) is 4.74 Å². The van der Waals surface area contributed by atoms with Crippen LogP contribution in [-0.2, 0) is 4.74 Å². The maximum atomic E-state index is 11.3. The number of hydrogen-bond donors (Lipinski definition) is 1. The second-order valence-corrected chi connectivity index (χ2v) is 6.20. The Bertz CT molecular complexity index is 869. The molecule has 0 aliphatic carbocycles. The van der Waals surface area contributed by atoms with Crippen molar-refractivity contribution in [2.24, 2.45) is 0 Å². The van der Waals surface area contributed by atoms with E-state index in [0.717, 1.165) is 27.2 Å². The van der Waals surface area contributed by atoms with E-state index in [1.807, 2.05) is 32.9 Å². The second kappa shape index (κ2) is 6.10. The summed E-state index contributed by atoms with van der Waals surface area (Å²) in [7, 11) is 0. The van der Waals surface area contributed by atoms with Gasteiger partial charge in [0.1, 0.15) is 21.6 Å². The lowest BCUT2D eigenvalue weighted by molar-refractivity contribution is 0.0197. The number of pyridine rings is 1. The number of rotatable bonds is 5. The Morgan fingerprint density at radius 1 is 1.48 bits per heavy atom. The van der Waals surface area contributed by atoms with Crippen LogP contribution in [0.2, 0.25) is 0 Å². The van der Waals surface area contributed by atoms with Crippen LogP contribution in [-0.4, -0.2) is 32.4 Å². The van der Waals surface area contributed by atoms with Gasteiger partial charge < -0.3 is 9.84 Å². The number of hydrogen-bond acceptors (Lipinski definition) is 5. The first-order chi connectivity index (χ1) is 11.0. The van der Waals surface area contributed by atoms with E-state index < -0.39 is 5.97 Å². The van der Waals surface area contributed by atoms with Gasteiger partial charge in [-0.15, -0.1) is 11.3 Å². The SMILES string of the molecule is CCOC(C)n1nc(-c2ccnc(C)c2)c2cc(C(=O)O)sc21. The summed E-state index contributed by atoms with van der Waals surface area (Å²) < 4.78 is 7.38. The Hall–Kier alpha value is -2.25. The van der Waals surface area contributed by atoms with Gasteiger partial charge in [0.2, 0.25) is 0 Å². The van der Waals surface area contributed by atoms with Crippen molar-refractivity contribution in [3.05, 3.63) is 35.0 Å². The number of aromatic nitrogens is 3. The molecule has 3 aromatic rings. The highest BCUT2D eigenvalue weighted by molar-refractivity contribution is 7.20. The molecule has 1 unspecified atom stereocenters. The topological polar surface area (TPSA) is 77.2 Å². The first-order valence-corrected chi connectivity index (χ1v) is 8.13. The van der Waals surface area contributed by atoms with Crippen molar-refractivity contribution in [2.45, 2.75) is 27.0 Å². The van der Waals surface area contributed by atoms with Crippen LogP contribution >= 0.6 is 11.3 Å². The molecule has 0 fully saturated rings. The summed E-state index contributed by atoms with van der Waals surface area (Å²) in [5.74, 6) is -0.932. The number of carboxylic acids is 1. The van der Waals surface area contributed by atoms with Crippen LogP contribution < -0.4 is 0 Å². The molecule has 0 aliphatic heterocycles. The lowest BCUT2D eigenvalue weighted by atomic mass is 10.1. The molecule has 0 bridgehead atoms. The molecule has 120 valence electrons. The summed E-state index contributed by atoms with van der Waals surface area (Å²) in [5.41, 5.74) is 2.55. The van der Waals surface area contributed by atoms with Gasteiger partial charge in [0.15, 0.2) is 0 Å². The molecule has 0 amide bonds.